The first-order chi connectivity index (χ1) is 25.0. The minimum absolute atomic E-state index is 0.161. The Bertz CT molecular complexity index is 860. The number of unbranched alkanes of at least 4 members (excludes halogenated alkanes) is 18. The topological polar surface area (TPSA) is 86.1 Å². The average Bonchev–Trinajstić information content (AvgIpc) is 3.53. The van der Waals surface area contributed by atoms with Crippen molar-refractivity contribution in [1.29, 1.82) is 0 Å². The molecule has 0 aliphatic carbocycles. The largest absolute Gasteiger partial charge is 0.370 e. The highest BCUT2D eigenvalue weighted by Gasteiger charge is 2.40. The minimum Gasteiger partial charge on any atom is -0.370 e. The Morgan fingerprint density at radius 2 is 1.04 bits per heavy atom. The van der Waals surface area contributed by atoms with Crippen molar-refractivity contribution < 1.29 is 9.47 Å². The van der Waals surface area contributed by atoms with Gasteiger partial charge >= 0.3 is 0 Å². The van der Waals surface area contributed by atoms with Crippen LogP contribution in [0.15, 0.2) is 53.6 Å². The summed E-state index contributed by atoms with van der Waals surface area (Å²) in [4.78, 5) is 6.40. The molecule has 6 heteroatoms. The fourth-order valence-corrected chi connectivity index (χ4v) is 6.74. The summed E-state index contributed by atoms with van der Waals surface area (Å²) >= 11 is 0. The van der Waals surface area contributed by atoms with Gasteiger partial charge in [-0.05, 0) is 90.5 Å². The van der Waals surface area contributed by atoms with E-state index in [9.17, 15) is 0 Å². The van der Waals surface area contributed by atoms with Gasteiger partial charge in [-0.3, -0.25) is 4.99 Å². The molecule has 0 aromatic heterocycles. The number of likely N-dealkylation sites (N-methyl/N-ethyl adjacent to an activating group) is 1. The second kappa shape index (κ2) is 35.2. The second-order valence-corrected chi connectivity index (χ2v) is 15.0. The number of rotatable bonds is 36. The van der Waals surface area contributed by atoms with Gasteiger partial charge in [0, 0.05) is 25.9 Å². The van der Waals surface area contributed by atoms with Crippen LogP contribution in [0.25, 0.3) is 0 Å². The molecule has 1 unspecified atom stereocenters. The van der Waals surface area contributed by atoms with Crippen LogP contribution in [0.3, 0.4) is 0 Å². The van der Waals surface area contributed by atoms with E-state index in [1.165, 1.54) is 141 Å². The lowest BCUT2D eigenvalue weighted by molar-refractivity contribution is -0.180. The number of nitrogens with two attached hydrogens (primary N) is 2. The fourth-order valence-electron chi connectivity index (χ4n) is 6.74. The summed E-state index contributed by atoms with van der Waals surface area (Å²) in [6.45, 7) is 7.68. The van der Waals surface area contributed by atoms with Crippen LogP contribution in [0.5, 0.6) is 0 Å². The Hall–Kier alpha value is -1.89. The van der Waals surface area contributed by atoms with E-state index in [1.54, 1.807) is 0 Å². The average molecular weight is 713 g/mol. The molecule has 0 bridgehead atoms. The van der Waals surface area contributed by atoms with Gasteiger partial charge in [0.15, 0.2) is 11.7 Å². The van der Waals surface area contributed by atoms with Gasteiger partial charge in [0.1, 0.15) is 0 Å². The van der Waals surface area contributed by atoms with E-state index in [4.69, 9.17) is 20.9 Å². The number of hydrogen-bond donors (Lipinski definition) is 2. The van der Waals surface area contributed by atoms with E-state index in [2.05, 4.69) is 79.4 Å². The summed E-state index contributed by atoms with van der Waals surface area (Å²) in [5.74, 6) is -0.222. The van der Waals surface area contributed by atoms with Gasteiger partial charge in [-0.1, -0.05) is 140 Å². The molecule has 51 heavy (non-hydrogen) atoms. The van der Waals surface area contributed by atoms with Crippen molar-refractivity contribution in [2.45, 2.75) is 199 Å². The van der Waals surface area contributed by atoms with Gasteiger partial charge in [0.2, 0.25) is 0 Å². The van der Waals surface area contributed by atoms with Crippen LogP contribution < -0.4 is 11.5 Å². The summed E-state index contributed by atoms with van der Waals surface area (Å²) in [6.07, 6.45) is 52.5. The molecule has 0 spiro atoms. The fraction of sp³-hybridized carbons (Fsp3) is 0.800. The predicted octanol–water partition coefficient (Wildman–Crippen LogP) is 12.1. The third-order valence-electron chi connectivity index (χ3n) is 10.0. The molecule has 0 aromatic rings. The Labute approximate surface area is 317 Å². The highest BCUT2D eigenvalue weighted by molar-refractivity contribution is 5.75. The summed E-state index contributed by atoms with van der Waals surface area (Å²) in [5, 5.41) is 0. The molecule has 0 aromatic carbocycles. The molecule has 296 valence electrons. The van der Waals surface area contributed by atoms with Crippen molar-refractivity contribution in [3.63, 3.8) is 0 Å². The van der Waals surface area contributed by atoms with Crippen molar-refractivity contribution in [1.82, 2.24) is 4.90 Å². The molecule has 1 saturated heterocycles. The van der Waals surface area contributed by atoms with E-state index < -0.39 is 0 Å². The number of guanidine groups is 1. The zero-order valence-electron chi connectivity index (χ0n) is 34.0. The van der Waals surface area contributed by atoms with Crippen molar-refractivity contribution in [3.05, 3.63) is 48.6 Å². The van der Waals surface area contributed by atoms with Gasteiger partial charge in [0.05, 0.1) is 19.3 Å². The molecule has 4 N–H and O–H groups in total. The lowest BCUT2D eigenvalue weighted by Gasteiger charge is -2.29. The first-order valence-electron chi connectivity index (χ1n) is 21.7. The molecule has 0 amide bonds. The monoisotopic (exact) mass is 713 g/mol. The Morgan fingerprint density at radius 3 is 1.49 bits per heavy atom. The van der Waals surface area contributed by atoms with E-state index in [-0.39, 0.29) is 17.9 Å². The van der Waals surface area contributed by atoms with E-state index in [1.807, 2.05) is 0 Å². The highest BCUT2D eigenvalue weighted by Crippen LogP contribution is 2.35. The normalized spacial score (nSPS) is 18.2. The molecule has 1 heterocycles. The van der Waals surface area contributed by atoms with Crippen molar-refractivity contribution in [2.75, 3.05) is 33.3 Å². The maximum absolute atomic E-state index is 6.75. The SMILES string of the molecule is CCCCCC=CCC=CCCCCCCCCC1(CCCCCCCCC=CCC=CCCCCC)OCC(CCN(C)CCN=C(N)N)O1. The molecule has 1 atom stereocenters. The Morgan fingerprint density at radius 1 is 0.608 bits per heavy atom. The van der Waals surface area contributed by atoms with E-state index >= 15 is 0 Å². The predicted molar refractivity (Wildman–Crippen MR) is 224 cm³/mol. The van der Waals surface area contributed by atoms with Gasteiger partial charge in [-0.25, -0.2) is 0 Å². The maximum atomic E-state index is 6.75. The first-order valence-corrected chi connectivity index (χ1v) is 21.7. The quantitative estimate of drug-likeness (QED) is 0.0292. The van der Waals surface area contributed by atoms with Gasteiger partial charge in [0.25, 0.3) is 0 Å². The number of allylic oxidation sites excluding steroid dienone is 8. The molecular formula is C45H84N4O2. The van der Waals surface area contributed by atoms with Crippen LogP contribution in [0.4, 0.5) is 0 Å². The molecule has 6 nitrogen and oxygen atoms in total. The van der Waals surface area contributed by atoms with Crippen LogP contribution in [0, 0.1) is 0 Å². The Balaban J connectivity index is 2.30. The third kappa shape index (κ3) is 30.3. The molecular weight excluding hydrogens is 629 g/mol. The number of hydrogen-bond acceptors (Lipinski definition) is 4. The second-order valence-electron chi connectivity index (χ2n) is 15.0. The van der Waals surface area contributed by atoms with Gasteiger partial charge < -0.3 is 25.8 Å². The van der Waals surface area contributed by atoms with Crippen molar-refractivity contribution >= 4 is 5.96 Å². The van der Waals surface area contributed by atoms with Crippen LogP contribution in [-0.4, -0.2) is 56.0 Å². The van der Waals surface area contributed by atoms with Gasteiger partial charge in [-0.15, -0.1) is 0 Å². The van der Waals surface area contributed by atoms with E-state index in [0.29, 0.717) is 13.2 Å². The van der Waals surface area contributed by atoms with Crippen LogP contribution in [0.2, 0.25) is 0 Å². The van der Waals surface area contributed by atoms with Crippen LogP contribution in [0.1, 0.15) is 187 Å². The molecule has 1 aliphatic rings. The lowest BCUT2D eigenvalue weighted by atomic mass is 9.98. The summed E-state index contributed by atoms with van der Waals surface area (Å²) in [6, 6.07) is 0. The molecule has 1 rings (SSSR count). The lowest BCUT2D eigenvalue weighted by Crippen LogP contribution is -2.32. The van der Waals surface area contributed by atoms with Crippen molar-refractivity contribution in [2.24, 2.45) is 16.5 Å². The van der Waals surface area contributed by atoms with Crippen LogP contribution in [-0.2, 0) is 9.47 Å². The molecule has 0 radical (unpaired) electrons. The summed E-state index contributed by atoms with van der Waals surface area (Å²) in [7, 11) is 2.12. The minimum atomic E-state index is -0.383. The Kier molecular flexibility index (Phi) is 32.5. The summed E-state index contributed by atoms with van der Waals surface area (Å²) < 4.78 is 13.3. The standard InChI is InChI=1S/C45H84N4O2/c1-4-6-8-10-12-14-16-18-20-22-24-26-28-30-32-34-37-45(50-42-43(51-45)36-40-49(3)41-39-48-44(46)47)38-35-33-31-29-27-25-23-21-19-17-15-13-11-9-7-5-2/h12-15,18-21,43H,4-11,16-17,22-42H2,1-3H3,(H4,46,47,48). The van der Waals surface area contributed by atoms with Gasteiger partial charge in [-0.2, -0.15) is 0 Å². The van der Waals surface area contributed by atoms with E-state index in [0.717, 1.165) is 45.2 Å². The molecule has 0 saturated carbocycles. The summed E-state index contributed by atoms with van der Waals surface area (Å²) in [5.41, 5.74) is 11.0. The zero-order valence-corrected chi connectivity index (χ0v) is 34.0. The molecule has 1 aliphatic heterocycles. The number of nitrogens with zero attached hydrogens (tertiary/aromatic N) is 2. The van der Waals surface area contributed by atoms with Crippen molar-refractivity contribution in [3.8, 4) is 0 Å². The third-order valence-corrected chi connectivity index (χ3v) is 10.0. The number of aliphatic imine (C=N–C) groups is 1. The number of ether oxygens (including phenoxy) is 2. The van der Waals surface area contributed by atoms with Crippen LogP contribution >= 0.6 is 0 Å². The molecule has 1 fully saturated rings. The maximum Gasteiger partial charge on any atom is 0.185 e. The first kappa shape index (κ1) is 47.1. The highest BCUT2D eigenvalue weighted by atomic mass is 16.7. The smallest absolute Gasteiger partial charge is 0.185 e. The zero-order chi connectivity index (χ0) is 36.9.